The fourth-order valence-electron chi connectivity index (χ4n) is 8.44. The second-order valence-electron chi connectivity index (χ2n) is 11.5. The maximum absolute atomic E-state index is 11.8. The van der Waals surface area contributed by atoms with Gasteiger partial charge in [-0.15, -0.1) is 0 Å². The van der Waals surface area contributed by atoms with E-state index in [9.17, 15) is 5.11 Å². The summed E-state index contributed by atoms with van der Waals surface area (Å²) in [5.41, 5.74) is 5.52. The number of nitrogens with one attached hydrogen (secondary N) is 1. The third-order valence-corrected chi connectivity index (χ3v) is 9.66. The monoisotopic (exact) mass is 466 g/mol. The highest BCUT2D eigenvalue weighted by atomic mass is 16.4. The predicted molar refractivity (Wildman–Crippen MR) is 134 cm³/mol. The van der Waals surface area contributed by atoms with Gasteiger partial charge in [-0.05, 0) is 79.4 Å². The summed E-state index contributed by atoms with van der Waals surface area (Å²) in [6.45, 7) is 0. The molecule has 1 aliphatic heterocycles. The number of hydrogen-bond donors (Lipinski definition) is 2. The number of aliphatic hydroxyl groups excluding tert-OH is 1. The van der Waals surface area contributed by atoms with Gasteiger partial charge in [0.25, 0.3) is 6.01 Å². The van der Waals surface area contributed by atoms with Gasteiger partial charge in [0.05, 0.1) is 30.4 Å². The minimum Gasteiger partial charge on any atom is -0.424 e. The summed E-state index contributed by atoms with van der Waals surface area (Å²) in [5.74, 6) is 1.85. The Kier molecular flexibility index (Phi) is 4.14. The van der Waals surface area contributed by atoms with Gasteiger partial charge < -0.3 is 19.4 Å². The van der Waals surface area contributed by atoms with Crippen LogP contribution in [0.4, 0.5) is 6.01 Å². The average Bonchev–Trinajstić information content (AvgIpc) is 3.56. The number of anilines is 1. The summed E-state index contributed by atoms with van der Waals surface area (Å²) in [6.07, 6.45) is 10.2. The molecule has 4 atom stereocenters. The molecule has 4 aliphatic carbocycles. The first-order chi connectivity index (χ1) is 17.2. The first-order valence-electron chi connectivity index (χ1n) is 13.1. The molecule has 4 fully saturated rings. The van der Waals surface area contributed by atoms with Crippen LogP contribution in [0.2, 0.25) is 0 Å². The summed E-state index contributed by atoms with van der Waals surface area (Å²) < 4.78 is 8.28. The number of oxazole rings is 1. The van der Waals surface area contributed by atoms with E-state index < -0.39 is 0 Å². The number of para-hydroxylation sites is 2. The van der Waals surface area contributed by atoms with Crippen molar-refractivity contribution in [3.63, 3.8) is 0 Å². The van der Waals surface area contributed by atoms with Crippen LogP contribution < -0.4 is 5.32 Å². The number of aromatic nitrogens is 3. The quantitative estimate of drug-likeness (QED) is 0.397. The van der Waals surface area contributed by atoms with Crippen LogP contribution in [0.5, 0.6) is 0 Å². The minimum absolute atomic E-state index is 0.0221. The zero-order valence-corrected chi connectivity index (χ0v) is 19.7. The molecule has 2 N–H and O–H groups in total. The Bertz CT molecular complexity index is 1370. The van der Waals surface area contributed by atoms with Crippen LogP contribution in [0, 0.1) is 23.2 Å². The molecular weight excluding hydrogens is 436 g/mol. The van der Waals surface area contributed by atoms with Crippen molar-refractivity contribution in [2.45, 2.75) is 56.7 Å². The Hall–Kier alpha value is -3.12. The highest BCUT2D eigenvalue weighted by molar-refractivity contribution is 5.74. The van der Waals surface area contributed by atoms with Gasteiger partial charge in [0.1, 0.15) is 5.52 Å². The van der Waals surface area contributed by atoms with Gasteiger partial charge in [-0.2, -0.15) is 4.98 Å². The summed E-state index contributed by atoms with van der Waals surface area (Å²) in [4.78, 5) is 9.10. The molecule has 6 heteroatoms. The third kappa shape index (κ3) is 2.92. The Labute approximate surface area is 204 Å². The van der Waals surface area contributed by atoms with Crippen LogP contribution in [-0.4, -0.2) is 31.8 Å². The van der Waals surface area contributed by atoms with Crippen molar-refractivity contribution in [1.29, 1.82) is 0 Å². The maximum atomic E-state index is 11.8. The highest BCUT2D eigenvalue weighted by Crippen LogP contribution is 2.62. The summed E-state index contributed by atoms with van der Waals surface area (Å²) in [6, 6.07) is 17.8. The smallest absolute Gasteiger partial charge is 0.295 e. The summed E-state index contributed by atoms with van der Waals surface area (Å²) in [7, 11) is 0. The standard InChI is InChI=1S/C29H30N4O2/c34-26(11-23-20-5-1-2-6-21(20)24-15-30-16-33(23)24)29-12-17-9-18(13-29)27(19(10-17)14-29)32-28-31-22-7-3-4-8-25(22)35-28/h1-8,15-19,23,26-27,34H,9-14H2,(H,31,32)/t17?,18?,19?,23-,26-,27?,29?/m1/s1. The van der Waals surface area contributed by atoms with Crippen LogP contribution in [0.1, 0.15) is 50.1 Å². The van der Waals surface area contributed by atoms with Crippen LogP contribution in [0.3, 0.4) is 0 Å². The number of hydrogen-bond acceptors (Lipinski definition) is 5. The molecule has 2 aromatic heterocycles. The highest BCUT2D eigenvalue weighted by Gasteiger charge is 2.58. The second-order valence-corrected chi connectivity index (χ2v) is 11.5. The normalized spacial score (nSPS) is 33.1. The fourth-order valence-corrected chi connectivity index (χ4v) is 8.44. The third-order valence-electron chi connectivity index (χ3n) is 9.66. The zero-order chi connectivity index (χ0) is 23.1. The van der Waals surface area contributed by atoms with E-state index in [2.05, 4.69) is 44.1 Å². The topological polar surface area (TPSA) is 76.1 Å². The SMILES string of the molecule is O[C@H](C[C@@H]1c2ccccc2-c2cncn21)C12CC3CC(C1)C(Nc1nc4ccccc4o1)C(C3)C2. The van der Waals surface area contributed by atoms with Crippen molar-refractivity contribution in [3.05, 3.63) is 66.6 Å². The van der Waals surface area contributed by atoms with Crippen molar-refractivity contribution in [2.75, 3.05) is 5.32 Å². The lowest BCUT2D eigenvalue weighted by atomic mass is 9.46. The molecule has 4 aromatic rings. The Balaban J connectivity index is 1.05. The van der Waals surface area contributed by atoms with Gasteiger partial charge in [0.2, 0.25) is 0 Å². The zero-order valence-electron chi connectivity index (χ0n) is 19.7. The number of fused-ring (bicyclic) bond motifs is 4. The number of rotatable bonds is 5. The first kappa shape index (κ1) is 20.1. The van der Waals surface area contributed by atoms with Crippen molar-refractivity contribution < 1.29 is 9.52 Å². The Morgan fingerprint density at radius 2 is 1.86 bits per heavy atom. The van der Waals surface area contributed by atoms with Crippen molar-refractivity contribution >= 4 is 17.1 Å². The van der Waals surface area contributed by atoms with Crippen molar-refractivity contribution in [2.24, 2.45) is 23.2 Å². The summed E-state index contributed by atoms with van der Waals surface area (Å²) in [5, 5.41) is 15.5. The first-order valence-corrected chi connectivity index (χ1v) is 13.1. The molecule has 2 unspecified atom stereocenters. The maximum Gasteiger partial charge on any atom is 0.295 e. The molecule has 0 radical (unpaired) electrons. The predicted octanol–water partition coefficient (Wildman–Crippen LogP) is 5.65. The van der Waals surface area contributed by atoms with E-state index in [0.717, 1.165) is 36.3 Å². The molecule has 9 rings (SSSR count). The molecule has 4 bridgehead atoms. The lowest BCUT2D eigenvalue weighted by Crippen LogP contribution is -2.59. The van der Waals surface area contributed by atoms with Gasteiger partial charge in [-0.25, -0.2) is 4.98 Å². The molecule has 35 heavy (non-hydrogen) atoms. The van der Waals surface area contributed by atoms with Gasteiger partial charge in [-0.1, -0.05) is 36.4 Å². The lowest BCUT2D eigenvalue weighted by molar-refractivity contribution is -0.129. The van der Waals surface area contributed by atoms with Gasteiger partial charge in [0.15, 0.2) is 5.58 Å². The second kappa shape index (κ2) is 7.20. The minimum atomic E-state index is -0.313. The van der Waals surface area contributed by atoms with Crippen molar-refractivity contribution in [3.8, 4) is 11.3 Å². The molecule has 3 heterocycles. The molecule has 178 valence electrons. The summed E-state index contributed by atoms with van der Waals surface area (Å²) >= 11 is 0. The number of benzene rings is 2. The molecule has 4 saturated carbocycles. The van der Waals surface area contributed by atoms with E-state index in [4.69, 9.17) is 4.42 Å². The lowest BCUT2D eigenvalue weighted by Gasteiger charge is -2.61. The van der Waals surface area contributed by atoms with Gasteiger partial charge in [-0.3, -0.25) is 0 Å². The van der Waals surface area contributed by atoms with E-state index in [-0.39, 0.29) is 17.6 Å². The van der Waals surface area contributed by atoms with Gasteiger partial charge >= 0.3 is 0 Å². The van der Waals surface area contributed by atoms with Crippen LogP contribution in [0.25, 0.3) is 22.4 Å². The van der Waals surface area contributed by atoms with E-state index >= 15 is 0 Å². The molecule has 0 spiro atoms. The number of nitrogens with zero attached hydrogens (tertiary/aromatic N) is 3. The fraction of sp³-hybridized carbons (Fsp3) is 0.448. The largest absolute Gasteiger partial charge is 0.424 e. The molecule has 0 saturated heterocycles. The van der Waals surface area contributed by atoms with Crippen LogP contribution in [-0.2, 0) is 0 Å². The number of imidazole rings is 1. The number of aliphatic hydroxyl groups is 1. The van der Waals surface area contributed by atoms with E-state index in [1.54, 1.807) is 0 Å². The molecule has 2 aromatic carbocycles. The Morgan fingerprint density at radius 1 is 1.06 bits per heavy atom. The van der Waals surface area contributed by atoms with E-state index in [1.165, 1.54) is 36.1 Å². The van der Waals surface area contributed by atoms with Crippen LogP contribution in [0.15, 0.2) is 65.5 Å². The van der Waals surface area contributed by atoms with E-state index in [0.29, 0.717) is 23.9 Å². The van der Waals surface area contributed by atoms with Crippen LogP contribution >= 0.6 is 0 Å². The molecular formula is C29H30N4O2. The molecule has 6 nitrogen and oxygen atoms in total. The van der Waals surface area contributed by atoms with Gasteiger partial charge in [0, 0.05) is 11.6 Å². The molecule has 0 amide bonds. The van der Waals surface area contributed by atoms with Crippen molar-refractivity contribution in [1.82, 2.24) is 14.5 Å². The average molecular weight is 467 g/mol. The molecule has 5 aliphatic rings. The van der Waals surface area contributed by atoms with E-state index in [1.807, 2.05) is 36.8 Å². The Morgan fingerprint density at radius 3 is 2.71 bits per heavy atom.